The molecule has 0 aromatic heterocycles. The molecule has 19 heavy (non-hydrogen) atoms. The van der Waals surface area contributed by atoms with E-state index >= 15 is 0 Å². The lowest BCUT2D eigenvalue weighted by molar-refractivity contribution is -0.143. The topological polar surface area (TPSA) is 52.6 Å². The van der Waals surface area contributed by atoms with E-state index in [0.29, 0.717) is 12.0 Å². The van der Waals surface area contributed by atoms with E-state index < -0.39 is 5.97 Å². The van der Waals surface area contributed by atoms with Gasteiger partial charge in [0, 0.05) is 12.6 Å². The van der Waals surface area contributed by atoms with Crippen LogP contribution in [0.3, 0.4) is 0 Å². The summed E-state index contributed by atoms with van der Waals surface area (Å²) in [6.45, 7) is 2.41. The summed E-state index contributed by atoms with van der Waals surface area (Å²) < 4.78 is 0. The third-order valence-corrected chi connectivity index (χ3v) is 5.13. The largest absolute Gasteiger partial charge is 0.481 e. The molecular formula is C15H28N2O2. The average molecular weight is 268 g/mol. The quantitative estimate of drug-likeness (QED) is 0.816. The van der Waals surface area contributed by atoms with Gasteiger partial charge >= 0.3 is 5.97 Å². The van der Waals surface area contributed by atoms with Gasteiger partial charge in [-0.2, -0.15) is 0 Å². The van der Waals surface area contributed by atoms with Crippen molar-refractivity contribution in [3.05, 3.63) is 0 Å². The van der Waals surface area contributed by atoms with Gasteiger partial charge in [0.15, 0.2) is 0 Å². The molecule has 2 unspecified atom stereocenters. The first-order valence-electron chi connectivity index (χ1n) is 7.70. The van der Waals surface area contributed by atoms with Crippen molar-refractivity contribution in [1.29, 1.82) is 0 Å². The van der Waals surface area contributed by atoms with E-state index in [1.807, 2.05) is 0 Å². The second-order valence-electron chi connectivity index (χ2n) is 6.43. The number of rotatable bonds is 4. The van der Waals surface area contributed by atoms with Crippen molar-refractivity contribution in [3.63, 3.8) is 0 Å². The second-order valence-corrected chi connectivity index (χ2v) is 6.43. The van der Waals surface area contributed by atoms with Crippen molar-refractivity contribution in [2.45, 2.75) is 44.6 Å². The highest BCUT2D eigenvalue weighted by atomic mass is 16.4. The summed E-state index contributed by atoms with van der Waals surface area (Å²) in [5.74, 6) is 0.701. The molecule has 2 aliphatic rings. The maximum absolute atomic E-state index is 11.0. The molecule has 1 aliphatic heterocycles. The molecule has 2 N–H and O–H groups in total. The van der Waals surface area contributed by atoms with Gasteiger partial charge in [0.1, 0.15) is 0 Å². The van der Waals surface area contributed by atoms with Crippen LogP contribution >= 0.6 is 0 Å². The van der Waals surface area contributed by atoms with Crippen molar-refractivity contribution in [2.24, 2.45) is 17.8 Å². The lowest BCUT2D eigenvalue weighted by Gasteiger charge is -2.41. The summed E-state index contributed by atoms with van der Waals surface area (Å²) in [4.78, 5) is 13.5. The number of likely N-dealkylation sites (tertiary alicyclic amines) is 1. The minimum absolute atomic E-state index is 0.0946. The SMILES string of the molecule is CNC(C1CCC(C(=O)O)CC1)C1CCCN(C)C1. The van der Waals surface area contributed by atoms with Crippen LogP contribution in [0.2, 0.25) is 0 Å². The maximum atomic E-state index is 11.0. The molecule has 1 aliphatic carbocycles. The minimum atomic E-state index is -0.600. The minimum Gasteiger partial charge on any atom is -0.481 e. The summed E-state index contributed by atoms with van der Waals surface area (Å²) in [7, 11) is 4.28. The third-order valence-electron chi connectivity index (χ3n) is 5.13. The van der Waals surface area contributed by atoms with Crippen LogP contribution in [0.1, 0.15) is 38.5 Å². The Labute approximate surface area is 116 Å². The highest BCUT2D eigenvalue weighted by Gasteiger charge is 2.34. The molecule has 0 bridgehead atoms. The number of carboxylic acids is 1. The molecule has 2 atom stereocenters. The number of carbonyl (C=O) groups is 1. The predicted molar refractivity (Wildman–Crippen MR) is 76.2 cm³/mol. The summed E-state index contributed by atoms with van der Waals surface area (Å²) in [5.41, 5.74) is 0. The number of hydrogen-bond donors (Lipinski definition) is 2. The predicted octanol–water partition coefficient (Wildman–Crippen LogP) is 1.81. The zero-order chi connectivity index (χ0) is 13.8. The summed E-state index contributed by atoms with van der Waals surface area (Å²) in [5, 5.41) is 12.6. The van der Waals surface area contributed by atoms with Crippen LogP contribution in [0.5, 0.6) is 0 Å². The third kappa shape index (κ3) is 3.69. The highest BCUT2D eigenvalue weighted by Crippen LogP contribution is 2.35. The van der Waals surface area contributed by atoms with Crippen LogP contribution in [-0.2, 0) is 4.79 Å². The summed E-state index contributed by atoms with van der Waals surface area (Å²) in [6, 6.07) is 0.567. The van der Waals surface area contributed by atoms with Gasteiger partial charge in [-0.25, -0.2) is 0 Å². The van der Waals surface area contributed by atoms with E-state index in [1.54, 1.807) is 0 Å². The number of nitrogens with zero attached hydrogens (tertiary/aromatic N) is 1. The van der Waals surface area contributed by atoms with E-state index in [2.05, 4.69) is 24.3 Å². The van der Waals surface area contributed by atoms with Gasteiger partial charge in [0.05, 0.1) is 5.92 Å². The van der Waals surface area contributed by atoms with Crippen LogP contribution < -0.4 is 5.32 Å². The Morgan fingerprint density at radius 2 is 1.89 bits per heavy atom. The van der Waals surface area contributed by atoms with Crippen molar-refractivity contribution in [1.82, 2.24) is 10.2 Å². The first kappa shape index (κ1) is 14.8. The van der Waals surface area contributed by atoms with Gasteiger partial charge in [-0.15, -0.1) is 0 Å². The Hall–Kier alpha value is -0.610. The molecule has 4 heteroatoms. The second kappa shape index (κ2) is 6.71. The van der Waals surface area contributed by atoms with Crippen LogP contribution in [0, 0.1) is 17.8 Å². The average Bonchev–Trinajstić information content (AvgIpc) is 2.40. The van der Waals surface area contributed by atoms with Gasteiger partial charge < -0.3 is 15.3 Å². The molecule has 2 rings (SSSR count). The number of hydrogen-bond acceptors (Lipinski definition) is 3. The van der Waals surface area contributed by atoms with Crippen LogP contribution in [0.15, 0.2) is 0 Å². The smallest absolute Gasteiger partial charge is 0.306 e. The zero-order valence-electron chi connectivity index (χ0n) is 12.3. The van der Waals surface area contributed by atoms with Gasteiger partial charge in [0.25, 0.3) is 0 Å². The molecule has 4 nitrogen and oxygen atoms in total. The van der Waals surface area contributed by atoms with Crippen LogP contribution in [0.4, 0.5) is 0 Å². The van der Waals surface area contributed by atoms with Crippen molar-refractivity contribution in [3.8, 4) is 0 Å². The Morgan fingerprint density at radius 1 is 1.21 bits per heavy atom. The number of carboxylic acid groups (broad SMARTS) is 1. The van der Waals surface area contributed by atoms with E-state index in [4.69, 9.17) is 5.11 Å². The zero-order valence-corrected chi connectivity index (χ0v) is 12.3. The molecule has 0 spiro atoms. The fourth-order valence-corrected chi connectivity index (χ4v) is 4.08. The molecule has 110 valence electrons. The van der Waals surface area contributed by atoms with Gasteiger partial charge in [0.2, 0.25) is 0 Å². The molecule has 2 fully saturated rings. The van der Waals surface area contributed by atoms with E-state index in [9.17, 15) is 4.79 Å². The number of nitrogens with one attached hydrogen (secondary N) is 1. The van der Waals surface area contributed by atoms with E-state index in [0.717, 1.165) is 31.6 Å². The van der Waals surface area contributed by atoms with Crippen LogP contribution in [-0.4, -0.2) is 49.2 Å². The maximum Gasteiger partial charge on any atom is 0.306 e. The normalized spacial score (nSPS) is 34.9. The fourth-order valence-electron chi connectivity index (χ4n) is 4.08. The Morgan fingerprint density at radius 3 is 2.42 bits per heavy atom. The first-order chi connectivity index (χ1) is 9.11. The van der Waals surface area contributed by atoms with Crippen molar-refractivity contribution < 1.29 is 9.90 Å². The van der Waals surface area contributed by atoms with Gasteiger partial charge in [-0.3, -0.25) is 4.79 Å². The summed E-state index contributed by atoms with van der Waals surface area (Å²) >= 11 is 0. The lowest BCUT2D eigenvalue weighted by Crippen LogP contribution is -2.48. The Kier molecular flexibility index (Phi) is 5.22. The molecule has 1 heterocycles. The molecule has 0 amide bonds. The molecule has 0 aromatic rings. The number of piperidine rings is 1. The molecular weight excluding hydrogens is 240 g/mol. The lowest BCUT2D eigenvalue weighted by atomic mass is 9.73. The van der Waals surface area contributed by atoms with Gasteiger partial charge in [-0.05, 0) is 71.0 Å². The molecule has 0 radical (unpaired) electrons. The molecule has 0 aromatic carbocycles. The fraction of sp³-hybridized carbons (Fsp3) is 0.933. The summed E-state index contributed by atoms with van der Waals surface area (Å²) in [6.07, 6.45) is 6.48. The van der Waals surface area contributed by atoms with Crippen LogP contribution in [0.25, 0.3) is 0 Å². The number of aliphatic carboxylic acids is 1. The van der Waals surface area contributed by atoms with Crippen molar-refractivity contribution in [2.75, 3.05) is 27.2 Å². The van der Waals surface area contributed by atoms with Gasteiger partial charge in [-0.1, -0.05) is 0 Å². The molecule has 1 saturated heterocycles. The van der Waals surface area contributed by atoms with Crippen molar-refractivity contribution >= 4 is 5.97 Å². The van der Waals surface area contributed by atoms with E-state index in [-0.39, 0.29) is 5.92 Å². The van der Waals surface area contributed by atoms with E-state index in [1.165, 1.54) is 25.9 Å². The monoisotopic (exact) mass is 268 g/mol. The standard InChI is InChI=1S/C15H28N2O2/c1-16-14(13-4-3-9-17(2)10-13)11-5-7-12(8-6-11)15(18)19/h11-14,16H,3-10H2,1-2H3,(H,18,19). The molecule has 1 saturated carbocycles. The highest BCUT2D eigenvalue weighted by molar-refractivity contribution is 5.69. The Bertz CT molecular complexity index is 301. The Balaban J connectivity index is 1.90. The first-order valence-corrected chi connectivity index (χ1v) is 7.70.